The van der Waals surface area contributed by atoms with Gasteiger partial charge in [-0.1, -0.05) is 23.5 Å². The molecule has 0 radical (unpaired) electrons. The minimum absolute atomic E-state index is 0.0545. The maximum absolute atomic E-state index is 9.34. The number of nitrogens with zero attached hydrogens (tertiary/aromatic N) is 4. The lowest BCUT2D eigenvalue weighted by Crippen LogP contribution is -2.35. The lowest BCUT2D eigenvalue weighted by molar-refractivity contribution is -0.698. The van der Waals surface area contributed by atoms with E-state index in [9.17, 15) is 5.11 Å². The fourth-order valence-corrected chi connectivity index (χ4v) is 4.42. The van der Waals surface area contributed by atoms with Crippen LogP contribution < -0.4 is 18.8 Å². The van der Waals surface area contributed by atoms with E-state index in [-0.39, 0.29) is 6.61 Å². The minimum Gasteiger partial charge on any atom is -0.493 e. The van der Waals surface area contributed by atoms with E-state index in [1.54, 1.807) is 25.6 Å². The molecule has 8 heteroatoms. The van der Waals surface area contributed by atoms with Crippen LogP contribution >= 0.6 is 11.3 Å². The second-order valence-corrected chi connectivity index (χ2v) is 8.09. The summed E-state index contributed by atoms with van der Waals surface area (Å²) in [7, 11) is 5.21. The Morgan fingerprint density at radius 3 is 2.59 bits per heavy atom. The highest BCUT2D eigenvalue weighted by molar-refractivity contribution is 7.16. The van der Waals surface area contributed by atoms with Gasteiger partial charge in [-0.25, -0.2) is 4.57 Å². The van der Waals surface area contributed by atoms with Gasteiger partial charge >= 0.3 is 0 Å². The molecule has 0 atom stereocenters. The summed E-state index contributed by atoms with van der Waals surface area (Å²) in [4.78, 5) is 0.795. The molecule has 0 bridgehead atoms. The SMILES string of the molecule is COc1ccc(/C(=N/N=c2/sc3ccccc3n2C)c2ccc[n+](CCO)c2)cc1OC. The third-order valence-corrected chi connectivity index (χ3v) is 6.20. The molecule has 4 aromatic rings. The van der Waals surface area contributed by atoms with Gasteiger partial charge in [0.15, 0.2) is 30.4 Å². The van der Waals surface area contributed by atoms with Crippen LogP contribution in [0.5, 0.6) is 11.5 Å². The summed E-state index contributed by atoms with van der Waals surface area (Å²) < 4.78 is 16.0. The van der Waals surface area contributed by atoms with Crippen molar-refractivity contribution in [2.75, 3.05) is 20.8 Å². The number of hydrogen-bond donors (Lipinski definition) is 1. The smallest absolute Gasteiger partial charge is 0.211 e. The third kappa shape index (κ3) is 4.42. The molecule has 2 aromatic heterocycles. The fraction of sp³-hybridized carbons (Fsp3) is 0.208. The van der Waals surface area contributed by atoms with Crippen molar-refractivity contribution in [1.29, 1.82) is 0 Å². The van der Waals surface area contributed by atoms with E-state index in [1.165, 1.54) is 0 Å². The molecular weight excluding hydrogens is 424 g/mol. The molecule has 1 N–H and O–H groups in total. The van der Waals surface area contributed by atoms with Crippen LogP contribution in [0, 0.1) is 0 Å². The number of aliphatic hydroxyl groups excluding tert-OH is 1. The number of pyridine rings is 1. The maximum Gasteiger partial charge on any atom is 0.211 e. The standard InChI is InChI=1S/C24H25N4O3S/c1-27-19-8-4-5-9-22(19)32-24(27)26-25-23(18-7-6-12-28(16-18)13-14-29)17-10-11-20(30-2)21(15-17)31-3/h4-12,15-16,29H,13-14H2,1-3H3/q+1/b25-23-,26-24+. The zero-order valence-corrected chi connectivity index (χ0v) is 19.0. The lowest BCUT2D eigenvalue weighted by Gasteiger charge is -2.10. The number of hydrogen-bond acceptors (Lipinski definition) is 6. The van der Waals surface area contributed by atoms with E-state index in [4.69, 9.17) is 9.47 Å². The normalized spacial score (nSPS) is 12.4. The van der Waals surface area contributed by atoms with E-state index in [0.29, 0.717) is 23.8 Å². The Morgan fingerprint density at radius 1 is 1.03 bits per heavy atom. The van der Waals surface area contributed by atoms with Gasteiger partial charge in [-0.15, -0.1) is 10.2 Å². The second-order valence-electron chi connectivity index (χ2n) is 7.08. The van der Waals surface area contributed by atoms with E-state index < -0.39 is 0 Å². The zero-order valence-electron chi connectivity index (χ0n) is 18.2. The molecule has 0 fully saturated rings. The highest BCUT2D eigenvalue weighted by Gasteiger charge is 2.15. The number of para-hydroxylation sites is 1. The highest BCUT2D eigenvalue weighted by Crippen LogP contribution is 2.28. The molecule has 0 unspecified atom stereocenters. The Bertz CT molecular complexity index is 1340. The molecule has 0 aliphatic rings. The molecule has 0 saturated heterocycles. The molecule has 0 amide bonds. The van der Waals surface area contributed by atoms with Gasteiger partial charge in [0.05, 0.1) is 30.0 Å². The summed E-state index contributed by atoms with van der Waals surface area (Å²) in [6, 6.07) is 17.8. The lowest BCUT2D eigenvalue weighted by atomic mass is 10.0. The van der Waals surface area contributed by atoms with Crippen LogP contribution in [0.3, 0.4) is 0 Å². The number of aryl methyl sites for hydroxylation is 1. The van der Waals surface area contributed by atoms with Crippen molar-refractivity contribution in [2.45, 2.75) is 6.54 Å². The first-order chi connectivity index (χ1) is 15.6. The number of aromatic nitrogens is 2. The molecule has 0 aliphatic heterocycles. The summed E-state index contributed by atoms with van der Waals surface area (Å²) in [5.74, 6) is 1.26. The molecule has 164 valence electrons. The summed E-state index contributed by atoms with van der Waals surface area (Å²) in [5, 5.41) is 18.6. The quantitative estimate of drug-likeness (QED) is 0.268. The first kappa shape index (κ1) is 21.7. The molecule has 2 aromatic carbocycles. The van der Waals surface area contributed by atoms with Gasteiger partial charge in [-0.05, 0) is 36.4 Å². The van der Waals surface area contributed by atoms with Crippen molar-refractivity contribution in [3.8, 4) is 11.5 Å². The van der Waals surface area contributed by atoms with Crippen molar-refractivity contribution in [3.63, 3.8) is 0 Å². The summed E-state index contributed by atoms with van der Waals surface area (Å²) in [6.07, 6.45) is 3.86. The molecule has 0 aliphatic carbocycles. The topological polar surface area (TPSA) is 72.2 Å². The van der Waals surface area contributed by atoms with Crippen LogP contribution in [0.1, 0.15) is 11.1 Å². The van der Waals surface area contributed by atoms with Crippen LogP contribution in [0.2, 0.25) is 0 Å². The predicted molar refractivity (Wildman–Crippen MR) is 125 cm³/mol. The van der Waals surface area contributed by atoms with Crippen LogP contribution in [-0.2, 0) is 13.6 Å². The van der Waals surface area contributed by atoms with Gasteiger partial charge in [0.1, 0.15) is 12.3 Å². The van der Waals surface area contributed by atoms with Gasteiger partial charge < -0.3 is 19.1 Å². The van der Waals surface area contributed by atoms with Crippen LogP contribution in [0.4, 0.5) is 0 Å². The van der Waals surface area contributed by atoms with Crippen molar-refractivity contribution in [2.24, 2.45) is 17.3 Å². The van der Waals surface area contributed by atoms with Gasteiger partial charge in [0.25, 0.3) is 0 Å². The second kappa shape index (κ2) is 9.76. The molecule has 4 rings (SSSR count). The number of benzene rings is 2. The molecule has 7 nitrogen and oxygen atoms in total. The first-order valence-corrected chi connectivity index (χ1v) is 10.9. The fourth-order valence-electron chi connectivity index (χ4n) is 3.45. The summed E-state index contributed by atoms with van der Waals surface area (Å²) in [5.41, 5.74) is 3.52. The zero-order chi connectivity index (χ0) is 22.5. The molecule has 2 heterocycles. The Hall–Kier alpha value is -3.49. The Morgan fingerprint density at radius 2 is 1.84 bits per heavy atom. The summed E-state index contributed by atoms with van der Waals surface area (Å²) >= 11 is 1.59. The Balaban J connectivity index is 1.89. The minimum atomic E-state index is 0.0545. The number of methoxy groups -OCH3 is 2. The molecule has 0 spiro atoms. The van der Waals surface area contributed by atoms with Crippen LogP contribution in [0.15, 0.2) is 77.2 Å². The highest BCUT2D eigenvalue weighted by atomic mass is 32.1. The Labute approximate surface area is 190 Å². The van der Waals surface area contributed by atoms with Crippen molar-refractivity contribution in [3.05, 3.63) is 82.9 Å². The monoisotopic (exact) mass is 449 g/mol. The van der Waals surface area contributed by atoms with E-state index >= 15 is 0 Å². The van der Waals surface area contributed by atoms with Gasteiger partial charge in [0.2, 0.25) is 4.80 Å². The molecule has 0 saturated carbocycles. The van der Waals surface area contributed by atoms with Crippen molar-refractivity contribution in [1.82, 2.24) is 4.57 Å². The van der Waals surface area contributed by atoms with Gasteiger partial charge in [0, 0.05) is 18.7 Å². The first-order valence-electron chi connectivity index (χ1n) is 10.1. The van der Waals surface area contributed by atoms with Crippen LogP contribution in [0.25, 0.3) is 10.2 Å². The Kier molecular flexibility index (Phi) is 6.63. The number of rotatable bonds is 7. The van der Waals surface area contributed by atoms with E-state index in [0.717, 1.165) is 26.1 Å². The number of ether oxygens (including phenoxy) is 2. The summed E-state index contributed by atoms with van der Waals surface area (Å²) in [6.45, 7) is 0.550. The van der Waals surface area contributed by atoms with Gasteiger partial charge in [-0.2, -0.15) is 0 Å². The van der Waals surface area contributed by atoms with Crippen LogP contribution in [-0.4, -0.2) is 36.2 Å². The van der Waals surface area contributed by atoms with Gasteiger partial charge in [-0.3, -0.25) is 0 Å². The number of fused-ring (bicyclic) bond motifs is 1. The predicted octanol–water partition coefficient (Wildman–Crippen LogP) is 2.89. The average molecular weight is 450 g/mol. The van der Waals surface area contributed by atoms with E-state index in [2.05, 4.69) is 22.3 Å². The molecule has 32 heavy (non-hydrogen) atoms. The largest absolute Gasteiger partial charge is 0.493 e. The third-order valence-electron chi connectivity index (χ3n) is 5.10. The van der Waals surface area contributed by atoms with E-state index in [1.807, 2.05) is 71.0 Å². The number of aliphatic hydroxyl groups is 1. The maximum atomic E-state index is 9.34. The average Bonchev–Trinajstić information content (AvgIpc) is 3.15. The van der Waals surface area contributed by atoms with Crippen molar-refractivity contribution >= 4 is 27.3 Å². The number of thiazole rings is 1. The molecular formula is C24H25N4O3S+. The van der Waals surface area contributed by atoms with Crippen molar-refractivity contribution < 1.29 is 19.1 Å².